The third-order valence-electron chi connectivity index (χ3n) is 2.80. The van der Waals surface area contributed by atoms with Gasteiger partial charge in [-0.25, -0.2) is 0 Å². The van der Waals surface area contributed by atoms with Crippen LogP contribution >= 0.6 is 0 Å². The largest absolute Gasteiger partial charge is 0.317 e. The molecule has 1 heterocycles. The Kier molecular flexibility index (Phi) is 7.58. The quantitative estimate of drug-likeness (QED) is 0.639. The number of nitrogens with one attached hydrogen (secondary N) is 1. The molecule has 0 aromatic heterocycles. The van der Waals surface area contributed by atoms with Gasteiger partial charge in [-0.1, -0.05) is 34.1 Å². The molecule has 1 N–H and O–H groups in total. The first-order chi connectivity index (χ1) is 5.84. The first kappa shape index (κ1) is 12.0. The average molecular weight is 171 g/mol. The van der Waals surface area contributed by atoms with Gasteiger partial charge in [-0.3, -0.25) is 0 Å². The van der Waals surface area contributed by atoms with Crippen LogP contribution in [0.3, 0.4) is 0 Å². The molecule has 1 aliphatic rings. The van der Waals surface area contributed by atoms with Gasteiger partial charge in [-0.15, -0.1) is 0 Å². The normalized spacial score (nSPS) is 30.0. The van der Waals surface area contributed by atoms with Crippen molar-refractivity contribution in [2.45, 2.75) is 47.0 Å². The highest BCUT2D eigenvalue weighted by Gasteiger charge is 2.16. The molecule has 12 heavy (non-hydrogen) atoms. The smallest absolute Gasteiger partial charge is 0.00462 e. The first-order valence-electron chi connectivity index (χ1n) is 5.55. The molecule has 1 heteroatoms. The van der Waals surface area contributed by atoms with Gasteiger partial charge in [0.05, 0.1) is 0 Å². The highest BCUT2D eigenvalue weighted by molar-refractivity contribution is 4.71. The molecule has 74 valence electrons. The molecule has 1 saturated heterocycles. The van der Waals surface area contributed by atoms with Crippen molar-refractivity contribution in [2.24, 2.45) is 11.8 Å². The van der Waals surface area contributed by atoms with Crippen LogP contribution in [0.2, 0.25) is 0 Å². The van der Waals surface area contributed by atoms with Crippen LogP contribution in [0.1, 0.15) is 47.0 Å². The molecule has 0 saturated carbocycles. The Hall–Kier alpha value is -0.0400. The second-order valence-electron chi connectivity index (χ2n) is 3.47. The average Bonchev–Trinajstić information content (AvgIpc) is 2.33. The van der Waals surface area contributed by atoms with Crippen LogP contribution in [-0.4, -0.2) is 13.1 Å². The second-order valence-corrected chi connectivity index (χ2v) is 3.47. The lowest BCUT2D eigenvalue weighted by atomic mass is 9.88. The monoisotopic (exact) mass is 171 g/mol. The topological polar surface area (TPSA) is 12.0 Å². The number of hydrogen-bond acceptors (Lipinski definition) is 1. The van der Waals surface area contributed by atoms with Crippen LogP contribution in [0.5, 0.6) is 0 Å². The zero-order valence-corrected chi connectivity index (χ0v) is 9.19. The van der Waals surface area contributed by atoms with Gasteiger partial charge >= 0.3 is 0 Å². The molecule has 2 unspecified atom stereocenters. The highest BCUT2D eigenvalue weighted by Crippen LogP contribution is 2.23. The van der Waals surface area contributed by atoms with Crippen molar-refractivity contribution in [1.82, 2.24) is 5.32 Å². The third kappa shape index (κ3) is 4.10. The van der Waals surface area contributed by atoms with Crippen LogP contribution in [0.25, 0.3) is 0 Å². The van der Waals surface area contributed by atoms with E-state index < -0.39 is 0 Å². The summed E-state index contributed by atoms with van der Waals surface area (Å²) in [7, 11) is 0. The standard InChI is InChI=1S/C9H19N.C2H6/c1-3-9-5-7-10-6-4-8(9)2;1-2/h8-10H,3-7H2,1-2H3;1-2H3. The maximum absolute atomic E-state index is 3.44. The second kappa shape index (κ2) is 7.60. The summed E-state index contributed by atoms with van der Waals surface area (Å²) < 4.78 is 0. The molecule has 1 rings (SSSR count). The summed E-state index contributed by atoms with van der Waals surface area (Å²) in [5, 5.41) is 3.44. The van der Waals surface area contributed by atoms with Crippen molar-refractivity contribution < 1.29 is 0 Å². The lowest BCUT2D eigenvalue weighted by Crippen LogP contribution is -2.13. The molecular weight excluding hydrogens is 146 g/mol. The molecule has 1 fully saturated rings. The SMILES string of the molecule is CC.CCC1CCNCCC1C. The molecule has 1 nitrogen and oxygen atoms in total. The van der Waals surface area contributed by atoms with E-state index in [-0.39, 0.29) is 0 Å². The Morgan fingerprint density at radius 3 is 2.33 bits per heavy atom. The summed E-state index contributed by atoms with van der Waals surface area (Å²) in [6.07, 6.45) is 4.12. The van der Waals surface area contributed by atoms with Crippen molar-refractivity contribution in [3.63, 3.8) is 0 Å². The van der Waals surface area contributed by atoms with Crippen LogP contribution in [0.4, 0.5) is 0 Å². The zero-order valence-electron chi connectivity index (χ0n) is 9.19. The van der Waals surface area contributed by atoms with Gasteiger partial charge in [-0.2, -0.15) is 0 Å². The molecular formula is C11H25N. The summed E-state index contributed by atoms with van der Waals surface area (Å²) in [6.45, 7) is 11.2. The summed E-state index contributed by atoms with van der Waals surface area (Å²) in [6, 6.07) is 0. The van der Waals surface area contributed by atoms with E-state index in [0.29, 0.717) is 0 Å². The molecule has 2 atom stereocenters. The van der Waals surface area contributed by atoms with Crippen LogP contribution in [0, 0.1) is 11.8 Å². The van der Waals surface area contributed by atoms with Crippen molar-refractivity contribution >= 4 is 0 Å². The summed E-state index contributed by atoms with van der Waals surface area (Å²) in [5.41, 5.74) is 0. The van der Waals surface area contributed by atoms with Gasteiger partial charge in [0.2, 0.25) is 0 Å². The minimum absolute atomic E-state index is 0.944. The lowest BCUT2D eigenvalue weighted by Gasteiger charge is -2.18. The van der Waals surface area contributed by atoms with E-state index in [2.05, 4.69) is 19.2 Å². The number of rotatable bonds is 1. The minimum Gasteiger partial charge on any atom is -0.317 e. The maximum atomic E-state index is 3.44. The van der Waals surface area contributed by atoms with E-state index in [1.807, 2.05) is 13.8 Å². The van der Waals surface area contributed by atoms with Gasteiger partial charge < -0.3 is 5.32 Å². The van der Waals surface area contributed by atoms with Gasteiger partial charge in [0, 0.05) is 0 Å². The third-order valence-corrected chi connectivity index (χ3v) is 2.80. The molecule has 0 aromatic rings. The molecule has 1 aliphatic heterocycles. The van der Waals surface area contributed by atoms with Gasteiger partial charge in [0.1, 0.15) is 0 Å². The first-order valence-corrected chi connectivity index (χ1v) is 5.55. The molecule has 0 aliphatic carbocycles. The maximum Gasteiger partial charge on any atom is -0.00462 e. The predicted molar refractivity (Wildman–Crippen MR) is 56.4 cm³/mol. The fraction of sp³-hybridized carbons (Fsp3) is 1.00. The number of hydrogen-bond donors (Lipinski definition) is 1. The summed E-state index contributed by atoms with van der Waals surface area (Å²) in [5.74, 6) is 1.93. The summed E-state index contributed by atoms with van der Waals surface area (Å²) >= 11 is 0. The Balaban J connectivity index is 0.000000561. The van der Waals surface area contributed by atoms with Crippen LogP contribution in [0.15, 0.2) is 0 Å². The van der Waals surface area contributed by atoms with Gasteiger partial charge in [0.25, 0.3) is 0 Å². The van der Waals surface area contributed by atoms with E-state index >= 15 is 0 Å². The minimum atomic E-state index is 0.944. The Bertz CT molecular complexity index is 91.0. The Labute approximate surface area is 77.9 Å². The van der Waals surface area contributed by atoms with E-state index in [9.17, 15) is 0 Å². The fourth-order valence-electron chi connectivity index (χ4n) is 1.87. The van der Waals surface area contributed by atoms with Gasteiger partial charge in [-0.05, 0) is 37.8 Å². The molecule has 0 amide bonds. The van der Waals surface area contributed by atoms with Crippen LogP contribution < -0.4 is 5.32 Å². The molecule has 0 radical (unpaired) electrons. The van der Waals surface area contributed by atoms with Crippen molar-refractivity contribution in [3.8, 4) is 0 Å². The van der Waals surface area contributed by atoms with Crippen molar-refractivity contribution in [3.05, 3.63) is 0 Å². The lowest BCUT2D eigenvalue weighted by molar-refractivity contribution is 0.338. The van der Waals surface area contributed by atoms with E-state index in [1.54, 1.807) is 0 Å². The molecule has 0 bridgehead atoms. The van der Waals surface area contributed by atoms with Crippen molar-refractivity contribution in [1.29, 1.82) is 0 Å². The highest BCUT2D eigenvalue weighted by atomic mass is 14.9. The zero-order chi connectivity index (χ0) is 9.40. The van der Waals surface area contributed by atoms with Crippen molar-refractivity contribution in [2.75, 3.05) is 13.1 Å². The molecule has 0 spiro atoms. The Morgan fingerprint density at radius 1 is 1.17 bits per heavy atom. The Morgan fingerprint density at radius 2 is 1.75 bits per heavy atom. The summed E-state index contributed by atoms with van der Waals surface area (Å²) in [4.78, 5) is 0. The van der Waals surface area contributed by atoms with E-state index in [0.717, 1.165) is 11.8 Å². The van der Waals surface area contributed by atoms with Crippen LogP contribution in [-0.2, 0) is 0 Å². The predicted octanol–water partition coefficient (Wildman–Crippen LogP) is 3.06. The van der Waals surface area contributed by atoms with Gasteiger partial charge in [0.15, 0.2) is 0 Å². The fourth-order valence-corrected chi connectivity index (χ4v) is 1.87. The molecule has 0 aromatic carbocycles. The van der Waals surface area contributed by atoms with E-state index in [4.69, 9.17) is 0 Å². The van der Waals surface area contributed by atoms with E-state index in [1.165, 1.54) is 32.4 Å².